The Balaban J connectivity index is 1.55. The third-order valence-corrected chi connectivity index (χ3v) is 6.63. The second-order valence-corrected chi connectivity index (χ2v) is 8.95. The highest BCUT2D eigenvalue weighted by Gasteiger charge is 2.30. The monoisotopic (exact) mass is 487 g/mol. The third kappa shape index (κ3) is 5.32. The summed E-state index contributed by atoms with van der Waals surface area (Å²) in [4.78, 5) is 41.2. The molecule has 1 fully saturated rings. The Kier molecular flexibility index (Phi) is 7.39. The number of esters is 1. The Morgan fingerprint density at radius 3 is 2.60 bits per heavy atom. The molecule has 0 N–H and O–H groups in total. The van der Waals surface area contributed by atoms with Crippen molar-refractivity contribution in [2.45, 2.75) is 25.9 Å². The molecule has 1 amide bonds. The summed E-state index contributed by atoms with van der Waals surface area (Å²) in [7, 11) is 4.51. The lowest BCUT2D eigenvalue weighted by atomic mass is 10.1. The predicted molar refractivity (Wildman–Crippen MR) is 125 cm³/mol. The first-order valence-electron chi connectivity index (χ1n) is 11.6. The summed E-state index contributed by atoms with van der Waals surface area (Å²) in [6, 6.07) is 6.07. The van der Waals surface area contributed by atoms with Crippen LogP contribution in [0.15, 0.2) is 29.1 Å². The van der Waals surface area contributed by atoms with E-state index in [4.69, 9.17) is 14.2 Å². The Morgan fingerprint density at radius 1 is 1.14 bits per heavy atom. The zero-order valence-corrected chi connectivity index (χ0v) is 20.2. The van der Waals surface area contributed by atoms with Gasteiger partial charge in [0.25, 0.3) is 5.56 Å². The molecule has 4 rings (SSSR count). The molecule has 0 spiro atoms. The molecule has 188 valence electrons. The Labute approximate surface area is 203 Å². The quantitative estimate of drug-likeness (QED) is 0.549. The number of methoxy groups -OCH3 is 2. The molecule has 9 nitrogen and oxygen atoms in total. The molecular formula is C25H30FN3O6. The fourth-order valence-corrected chi connectivity index (χ4v) is 4.69. The first-order valence-corrected chi connectivity index (χ1v) is 11.6. The van der Waals surface area contributed by atoms with Gasteiger partial charge in [0.05, 0.1) is 20.8 Å². The van der Waals surface area contributed by atoms with Gasteiger partial charge >= 0.3 is 5.97 Å². The van der Waals surface area contributed by atoms with Gasteiger partial charge in [-0.1, -0.05) is 6.07 Å². The van der Waals surface area contributed by atoms with Gasteiger partial charge in [-0.2, -0.15) is 0 Å². The molecule has 3 heterocycles. The lowest BCUT2D eigenvalue weighted by molar-refractivity contribution is -0.126. The molecule has 0 bridgehead atoms. The summed E-state index contributed by atoms with van der Waals surface area (Å²) < 4.78 is 32.1. The van der Waals surface area contributed by atoms with Crippen LogP contribution in [-0.4, -0.2) is 73.8 Å². The van der Waals surface area contributed by atoms with E-state index < -0.39 is 5.97 Å². The van der Waals surface area contributed by atoms with Crippen molar-refractivity contribution in [2.75, 3.05) is 47.5 Å². The maximum absolute atomic E-state index is 14.5. The molecule has 35 heavy (non-hydrogen) atoms. The highest BCUT2D eigenvalue weighted by molar-refractivity contribution is 5.93. The number of hydrogen-bond donors (Lipinski definition) is 0. The second kappa shape index (κ2) is 10.5. The normalized spacial score (nSPS) is 18.2. The number of amides is 1. The molecule has 0 saturated carbocycles. The predicted octanol–water partition coefficient (Wildman–Crippen LogP) is 1.70. The van der Waals surface area contributed by atoms with Crippen molar-refractivity contribution in [2.24, 2.45) is 5.92 Å². The summed E-state index contributed by atoms with van der Waals surface area (Å²) >= 11 is 0. The van der Waals surface area contributed by atoms with E-state index in [0.29, 0.717) is 62.6 Å². The molecule has 1 saturated heterocycles. The standard InChI is InChI=1S/C25H30FN3O6/c1-27-13-16(10-22(27)30)15-35-21-12-23(31)29-9-8-28(7-6-20(29)24(21)25(32)34-3)14-17-4-5-18(33-2)11-19(17)26/h4-5,11-12,16H,6-10,13-15H2,1-3H3. The number of likely N-dealkylation sites (tertiary alicyclic amines) is 1. The molecule has 0 radical (unpaired) electrons. The SMILES string of the molecule is COC(=O)c1c(OCC2CC(=O)N(C)C2)cc(=O)n2c1CCN(Cc1ccc(OC)cc1F)CC2. The maximum atomic E-state index is 14.5. The molecular weight excluding hydrogens is 457 g/mol. The molecule has 2 aliphatic rings. The van der Waals surface area contributed by atoms with Gasteiger partial charge in [-0.25, -0.2) is 9.18 Å². The highest BCUT2D eigenvalue weighted by atomic mass is 19.1. The minimum absolute atomic E-state index is 0.0190. The van der Waals surface area contributed by atoms with E-state index in [9.17, 15) is 18.8 Å². The summed E-state index contributed by atoms with van der Waals surface area (Å²) in [5.74, 6) is -0.297. The van der Waals surface area contributed by atoms with E-state index in [1.54, 1.807) is 28.6 Å². The number of fused-ring (bicyclic) bond motifs is 1. The van der Waals surface area contributed by atoms with Gasteiger partial charge in [0.1, 0.15) is 22.9 Å². The van der Waals surface area contributed by atoms with Crippen LogP contribution in [-0.2, 0) is 29.0 Å². The van der Waals surface area contributed by atoms with Crippen LogP contribution in [0.3, 0.4) is 0 Å². The van der Waals surface area contributed by atoms with Crippen LogP contribution in [0.5, 0.6) is 11.5 Å². The number of carbonyl (C=O) groups excluding carboxylic acids is 2. The van der Waals surface area contributed by atoms with Gasteiger partial charge in [0, 0.05) is 81.9 Å². The van der Waals surface area contributed by atoms with Crippen LogP contribution in [0.1, 0.15) is 28.0 Å². The average molecular weight is 488 g/mol. The van der Waals surface area contributed by atoms with Crippen molar-refractivity contribution in [3.05, 3.63) is 57.3 Å². The fourth-order valence-electron chi connectivity index (χ4n) is 4.69. The number of aromatic nitrogens is 1. The van der Waals surface area contributed by atoms with Crippen molar-refractivity contribution in [1.82, 2.24) is 14.4 Å². The Morgan fingerprint density at radius 2 is 1.94 bits per heavy atom. The summed E-state index contributed by atoms with van der Waals surface area (Å²) in [5.41, 5.74) is 1.01. The molecule has 2 aromatic rings. The average Bonchev–Trinajstić information content (AvgIpc) is 3.03. The molecule has 0 aliphatic carbocycles. The van der Waals surface area contributed by atoms with Crippen molar-refractivity contribution < 1.29 is 28.2 Å². The van der Waals surface area contributed by atoms with Gasteiger partial charge in [-0.05, 0) is 6.07 Å². The van der Waals surface area contributed by atoms with Crippen LogP contribution in [0.2, 0.25) is 0 Å². The molecule has 1 atom stereocenters. The molecule has 1 aromatic heterocycles. The first-order chi connectivity index (χ1) is 16.8. The van der Waals surface area contributed by atoms with Crippen LogP contribution in [0.25, 0.3) is 0 Å². The number of nitrogens with zero attached hydrogens (tertiary/aromatic N) is 3. The smallest absolute Gasteiger partial charge is 0.343 e. The van der Waals surface area contributed by atoms with E-state index >= 15 is 0 Å². The molecule has 1 aromatic carbocycles. The zero-order valence-electron chi connectivity index (χ0n) is 20.2. The number of ether oxygens (including phenoxy) is 3. The van der Waals surface area contributed by atoms with Crippen LogP contribution in [0.4, 0.5) is 4.39 Å². The van der Waals surface area contributed by atoms with Gasteiger partial charge < -0.3 is 23.7 Å². The van der Waals surface area contributed by atoms with Crippen molar-refractivity contribution >= 4 is 11.9 Å². The Bertz CT molecular complexity index is 1180. The minimum Gasteiger partial charge on any atom is -0.497 e. The van der Waals surface area contributed by atoms with E-state index in [-0.39, 0.29) is 41.1 Å². The van der Waals surface area contributed by atoms with Crippen molar-refractivity contribution in [3.63, 3.8) is 0 Å². The van der Waals surface area contributed by atoms with Gasteiger partial charge in [0.15, 0.2) is 0 Å². The second-order valence-electron chi connectivity index (χ2n) is 8.95. The lowest BCUT2D eigenvalue weighted by Gasteiger charge is -2.20. The molecule has 10 heteroatoms. The maximum Gasteiger partial charge on any atom is 0.343 e. The van der Waals surface area contributed by atoms with Crippen LogP contribution < -0.4 is 15.0 Å². The van der Waals surface area contributed by atoms with Crippen molar-refractivity contribution in [1.29, 1.82) is 0 Å². The minimum atomic E-state index is -0.585. The van der Waals surface area contributed by atoms with Gasteiger partial charge in [-0.15, -0.1) is 0 Å². The number of carbonyl (C=O) groups is 2. The fraction of sp³-hybridized carbons (Fsp3) is 0.480. The largest absolute Gasteiger partial charge is 0.497 e. The number of halogens is 1. The topological polar surface area (TPSA) is 90.3 Å². The summed E-state index contributed by atoms with van der Waals surface area (Å²) in [5, 5.41) is 0. The molecule has 2 aliphatic heterocycles. The lowest BCUT2D eigenvalue weighted by Crippen LogP contribution is -2.29. The Hall–Kier alpha value is -3.40. The highest BCUT2D eigenvalue weighted by Crippen LogP contribution is 2.26. The number of rotatable bonds is 7. The van der Waals surface area contributed by atoms with Crippen molar-refractivity contribution in [3.8, 4) is 11.5 Å². The number of benzene rings is 1. The zero-order chi connectivity index (χ0) is 25.1. The van der Waals surface area contributed by atoms with E-state index in [0.717, 1.165) is 0 Å². The van der Waals surface area contributed by atoms with E-state index in [2.05, 4.69) is 0 Å². The van der Waals surface area contributed by atoms with E-state index in [1.807, 2.05) is 4.90 Å². The van der Waals surface area contributed by atoms with Crippen LogP contribution in [0, 0.1) is 11.7 Å². The van der Waals surface area contributed by atoms with Gasteiger partial charge in [-0.3, -0.25) is 14.5 Å². The number of hydrogen-bond acceptors (Lipinski definition) is 7. The summed E-state index contributed by atoms with van der Waals surface area (Å²) in [6.45, 7) is 2.51. The summed E-state index contributed by atoms with van der Waals surface area (Å²) in [6.07, 6.45) is 0.754. The number of pyridine rings is 1. The third-order valence-electron chi connectivity index (χ3n) is 6.63. The van der Waals surface area contributed by atoms with E-state index in [1.165, 1.54) is 26.4 Å². The first kappa shape index (κ1) is 24.7. The molecule has 1 unspecified atom stereocenters. The van der Waals surface area contributed by atoms with Gasteiger partial charge in [0.2, 0.25) is 5.91 Å². The van der Waals surface area contributed by atoms with Crippen LogP contribution >= 0.6 is 0 Å².